The van der Waals surface area contributed by atoms with E-state index in [1.807, 2.05) is 12.1 Å². The van der Waals surface area contributed by atoms with Crippen LogP contribution >= 0.6 is 0 Å². The predicted octanol–water partition coefficient (Wildman–Crippen LogP) is 5.88. The zero-order valence-electron chi connectivity index (χ0n) is 20.7. The van der Waals surface area contributed by atoms with Gasteiger partial charge in [-0.15, -0.1) is 0 Å². The zero-order valence-corrected chi connectivity index (χ0v) is 20.7. The Hall–Kier alpha value is -3.41. The second-order valence-electron chi connectivity index (χ2n) is 10.2. The number of amidine groups is 1. The maximum atomic E-state index is 13.8. The van der Waals surface area contributed by atoms with E-state index in [1.54, 1.807) is 19.2 Å². The molecule has 7 nitrogen and oxygen atoms in total. The lowest BCUT2D eigenvalue weighted by Gasteiger charge is -2.36. The van der Waals surface area contributed by atoms with Gasteiger partial charge in [0.1, 0.15) is 17.2 Å². The van der Waals surface area contributed by atoms with Gasteiger partial charge in [0.2, 0.25) is 0 Å². The van der Waals surface area contributed by atoms with E-state index >= 15 is 0 Å². The number of alkyl halides is 5. The third kappa shape index (κ3) is 5.01. The first-order valence-electron chi connectivity index (χ1n) is 12.4. The standard InChI is InChI=1S/C26H28F5N7/c1-37(14-32)24(33)21(15-4-2-5-15)16-6-3-7-17(10-16)22-18-11-20(26(29,30)31)34-19(23(18)36-35-22)12-38-9-8-25(27,28)13-38/h3,6-7,10-11,14-15,21,32-33H,2,4-5,8-9,12-13H2,1H3,(H,35,36)/t21-/m1/s1. The lowest BCUT2D eigenvalue weighted by Crippen LogP contribution is -2.36. The molecular weight excluding hydrogens is 505 g/mol. The van der Waals surface area contributed by atoms with Gasteiger partial charge in [-0.05, 0) is 36.5 Å². The molecule has 1 saturated heterocycles. The molecule has 1 atom stereocenters. The van der Waals surface area contributed by atoms with Crippen LogP contribution in [-0.2, 0) is 12.7 Å². The van der Waals surface area contributed by atoms with Gasteiger partial charge in [-0.1, -0.05) is 24.6 Å². The van der Waals surface area contributed by atoms with E-state index in [1.165, 1.54) is 9.80 Å². The molecule has 3 heterocycles. The summed E-state index contributed by atoms with van der Waals surface area (Å²) in [6.45, 7) is -0.628. The van der Waals surface area contributed by atoms with Crippen LogP contribution in [0.3, 0.4) is 0 Å². The molecule has 0 amide bonds. The SMILES string of the molecule is CN(C=N)C(=N)[C@@H](c1cccc(-c2n[nH]c3c(CN4CCC(F)(F)C4)nc(C(F)(F)F)cc23)c1)C1CCC1. The Balaban J connectivity index is 1.57. The average molecular weight is 534 g/mol. The maximum Gasteiger partial charge on any atom is 0.433 e. The third-order valence-electron chi connectivity index (χ3n) is 7.55. The number of pyridine rings is 1. The van der Waals surface area contributed by atoms with E-state index in [0.29, 0.717) is 11.3 Å². The minimum Gasteiger partial charge on any atom is -0.324 e. The fourth-order valence-electron chi connectivity index (χ4n) is 5.31. The van der Waals surface area contributed by atoms with Crippen LogP contribution in [0.5, 0.6) is 0 Å². The quantitative estimate of drug-likeness (QED) is 0.201. The summed E-state index contributed by atoms with van der Waals surface area (Å²) < 4.78 is 68.9. The van der Waals surface area contributed by atoms with Gasteiger partial charge in [0.25, 0.3) is 5.92 Å². The number of likely N-dealkylation sites (N-methyl/N-ethyl adjacent to an activating group) is 1. The summed E-state index contributed by atoms with van der Waals surface area (Å²) in [6.07, 6.45) is -1.02. The van der Waals surface area contributed by atoms with E-state index in [0.717, 1.165) is 37.2 Å². The molecule has 5 rings (SSSR count). The van der Waals surface area contributed by atoms with Gasteiger partial charge in [0.05, 0.1) is 24.1 Å². The summed E-state index contributed by atoms with van der Waals surface area (Å²) in [4.78, 5) is 6.65. The molecule has 1 aromatic carbocycles. The van der Waals surface area contributed by atoms with E-state index in [-0.39, 0.29) is 53.8 Å². The number of hydrogen-bond donors (Lipinski definition) is 3. The van der Waals surface area contributed by atoms with Crippen molar-refractivity contribution in [2.24, 2.45) is 5.92 Å². The Morgan fingerprint density at radius 3 is 2.66 bits per heavy atom. The molecule has 3 N–H and O–H groups in total. The van der Waals surface area contributed by atoms with Crippen LogP contribution < -0.4 is 0 Å². The van der Waals surface area contributed by atoms with E-state index in [4.69, 9.17) is 10.8 Å². The zero-order chi connectivity index (χ0) is 27.2. The van der Waals surface area contributed by atoms with Crippen molar-refractivity contribution in [1.82, 2.24) is 25.0 Å². The Morgan fingerprint density at radius 1 is 1.29 bits per heavy atom. The minimum atomic E-state index is -4.73. The molecule has 202 valence electrons. The maximum absolute atomic E-state index is 13.8. The highest BCUT2D eigenvalue weighted by Gasteiger charge is 2.39. The molecule has 3 aromatic rings. The monoisotopic (exact) mass is 533 g/mol. The van der Waals surface area contributed by atoms with Crippen LogP contribution in [0.15, 0.2) is 30.3 Å². The van der Waals surface area contributed by atoms with Crippen LogP contribution in [-0.4, -0.2) is 63.2 Å². The smallest absolute Gasteiger partial charge is 0.324 e. The molecule has 2 aromatic heterocycles. The highest BCUT2D eigenvalue weighted by molar-refractivity contribution is 5.96. The Kier molecular flexibility index (Phi) is 6.70. The number of nitrogens with zero attached hydrogens (tertiary/aromatic N) is 4. The highest BCUT2D eigenvalue weighted by Crippen LogP contribution is 2.42. The van der Waals surface area contributed by atoms with Crippen molar-refractivity contribution in [2.75, 3.05) is 20.1 Å². The number of aromatic nitrogens is 3. The van der Waals surface area contributed by atoms with Crippen LogP contribution in [0.1, 0.15) is 48.6 Å². The molecule has 0 unspecified atom stereocenters. The van der Waals surface area contributed by atoms with Crippen molar-refractivity contribution >= 4 is 23.1 Å². The lowest BCUT2D eigenvalue weighted by atomic mass is 9.72. The van der Waals surface area contributed by atoms with Crippen molar-refractivity contribution in [3.8, 4) is 11.3 Å². The summed E-state index contributed by atoms with van der Waals surface area (Å²) in [5.41, 5.74) is 0.881. The number of rotatable bonds is 7. The van der Waals surface area contributed by atoms with Gasteiger partial charge in [-0.2, -0.15) is 18.3 Å². The van der Waals surface area contributed by atoms with Gasteiger partial charge in [0, 0.05) is 43.4 Å². The van der Waals surface area contributed by atoms with Crippen LogP contribution in [0.25, 0.3) is 22.2 Å². The molecule has 1 aliphatic heterocycles. The fourth-order valence-corrected chi connectivity index (χ4v) is 5.31. The van der Waals surface area contributed by atoms with Crippen molar-refractivity contribution in [2.45, 2.75) is 50.2 Å². The van der Waals surface area contributed by atoms with Crippen molar-refractivity contribution in [3.63, 3.8) is 0 Å². The summed E-state index contributed by atoms with van der Waals surface area (Å²) >= 11 is 0. The number of hydrogen-bond acceptors (Lipinski definition) is 5. The molecule has 0 spiro atoms. The van der Waals surface area contributed by atoms with Crippen LogP contribution in [0.2, 0.25) is 0 Å². The van der Waals surface area contributed by atoms with Crippen molar-refractivity contribution in [3.05, 3.63) is 47.3 Å². The number of fused-ring (bicyclic) bond motifs is 1. The molecule has 0 bridgehead atoms. The Bertz CT molecular complexity index is 1360. The topological polar surface area (TPSA) is 95.8 Å². The van der Waals surface area contributed by atoms with Gasteiger partial charge >= 0.3 is 6.18 Å². The van der Waals surface area contributed by atoms with Gasteiger partial charge < -0.3 is 4.90 Å². The molecular formula is C26H28F5N7. The number of likely N-dealkylation sites (tertiary alicyclic amines) is 1. The number of halogens is 5. The van der Waals surface area contributed by atoms with Gasteiger partial charge in [0.15, 0.2) is 0 Å². The first-order chi connectivity index (χ1) is 18.0. The summed E-state index contributed by atoms with van der Waals surface area (Å²) in [7, 11) is 1.65. The molecule has 38 heavy (non-hydrogen) atoms. The van der Waals surface area contributed by atoms with Gasteiger partial charge in [-0.25, -0.2) is 13.8 Å². The molecule has 1 aliphatic carbocycles. The predicted molar refractivity (Wildman–Crippen MR) is 134 cm³/mol. The Morgan fingerprint density at radius 2 is 2.05 bits per heavy atom. The van der Waals surface area contributed by atoms with E-state index in [9.17, 15) is 22.0 Å². The van der Waals surface area contributed by atoms with E-state index in [2.05, 4.69) is 15.2 Å². The number of aromatic amines is 1. The largest absolute Gasteiger partial charge is 0.433 e. The summed E-state index contributed by atoms with van der Waals surface area (Å²) in [5, 5.41) is 23.5. The van der Waals surface area contributed by atoms with Crippen molar-refractivity contribution in [1.29, 1.82) is 10.8 Å². The first-order valence-corrected chi connectivity index (χ1v) is 12.4. The highest BCUT2D eigenvalue weighted by atomic mass is 19.4. The first kappa shape index (κ1) is 26.2. The summed E-state index contributed by atoms with van der Waals surface area (Å²) in [6, 6.07) is 8.19. The fraction of sp³-hybridized carbons (Fsp3) is 0.462. The third-order valence-corrected chi connectivity index (χ3v) is 7.55. The average Bonchev–Trinajstić information content (AvgIpc) is 3.42. The lowest BCUT2D eigenvalue weighted by molar-refractivity contribution is -0.141. The number of benzene rings is 1. The molecule has 2 fully saturated rings. The normalized spacial score (nSPS) is 18.9. The summed E-state index contributed by atoms with van der Waals surface area (Å²) in [5.74, 6) is -2.62. The minimum absolute atomic E-state index is 0.0177. The molecule has 1 saturated carbocycles. The number of nitrogens with one attached hydrogen (secondary N) is 3. The van der Waals surface area contributed by atoms with Crippen LogP contribution in [0, 0.1) is 16.7 Å². The van der Waals surface area contributed by atoms with Crippen molar-refractivity contribution < 1.29 is 22.0 Å². The molecule has 0 radical (unpaired) electrons. The van der Waals surface area contributed by atoms with Gasteiger partial charge in [-0.3, -0.25) is 20.8 Å². The second kappa shape index (κ2) is 9.72. The van der Waals surface area contributed by atoms with Crippen LogP contribution in [0.4, 0.5) is 22.0 Å². The van der Waals surface area contributed by atoms with E-state index < -0.39 is 24.3 Å². The Labute approximate surface area is 216 Å². The molecule has 12 heteroatoms. The molecule has 2 aliphatic rings. The second-order valence-corrected chi connectivity index (χ2v) is 10.2. The number of H-pyrrole nitrogens is 1.